The molecule has 0 aliphatic heterocycles. The van der Waals surface area contributed by atoms with Crippen molar-refractivity contribution < 1.29 is 41.8 Å². The summed E-state index contributed by atoms with van der Waals surface area (Å²) in [6.07, 6.45) is 0. The molecule has 2 atom stereocenters. The minimum atomic E-state index is -5.14. The van der Waals surface area contributed by atoms with Crippen LogP contribution in [0.5, 0.6) is 0 Å². The Kier molecular flexibility index (Phi) is 5.06. The minimum absolute atomic E-state index is 0.731. The molecule has 0 amide bonds. The monoisotopic (exact) mass is 288 g/mol. The van der Waals surface area contributed by atoms with Gasteiger partial charge in [0.05, 0.1) is 0 Å². The molecule has 2 unspecified atom stereocenters. The Bertz CT molecular complexity index is 329. The van der Waals surface area contributed by atoms with E-state index in [0.717, 1.165) is 7.11 Å². The van der Waals surface area contributed by atoms with Gasteiger partial charge in [0.2, 0.25) is 0 Å². The lowest BCUT2D eigenvalue weighted by molar-refractivity contribution is 0.201. The minimum Gasteiger partial charge on any atom is -0.324 e. The molecule has 0 aliphatic rings. The molecule has 0 spiro atoms. The second-order valence-corrected chi connectivity index (χ2v) is 7.73. The van der Waals surface area contributed by atoms with Crippen LogP contribution in [0.4, 0.5) is 0 Å². The predicted octanol–water partition coefficient (Wildman–Crippen LogP) is 0.0759. The Balaban J connectivity index is 4.60. The molecule has 0 fully saturated rings. The summed E-state index contributed by atoms with van der Waals surface area (Å²) in [4.78, 5) is 34.1. The molecule has 0 aromatic heterocycles. The highest BCUT2D eigenvalue weighted by molar-refractivity contribution is 8.08. The van der Waals surface area contributed by atoms with Crippen LogP contribution >= 0.6 is 22.4 Å². The van der Waals surface area contributed by atoms with Gasteiger partial charge in [0.25, 0.3) is 0 Å². The first kappa shape index (κ1) is 14.8. The second-order valence-electron chi connectivity index (χ2n) is 1.77. The normalized spacial score (nSPS) is 21.2. The van der Waals surface area contributed by atoms with Gasteiger partial charge in [-0.3, -0.25) is 4.52 Å². The summed E-state index contributed by atoms with van der Waals surface area (Å²) in [5.74, 6) is 0. The molecule has 4 N–H and O–H groups in total. The molecule has 14 heavy (non-hydrogen) atoms. The van der Waals surface area contributed by atoms with Crippen molar-refractivity contribution >= 4 is 34.2 Å². The molecule has 0 aromatic carbocycles. The summed E-state index contributed by atoms with van der Waals surface area (Å²) in [6.45, 7) is -4.48. The van der Waals surface area contributed by atoms with Gasteiger partial charge in [-0.1, -0.05) is 0 Å². The van der Waals surface area contributed by atoms with Crippen LogP contribution in [0.3, 0.4) is 0 Å². The molecule has 0 saturated heterocycles. The molecule has 0 rings (SSSR count). The summed E-state index contributed by atoms with van der Waals surface area (Å²) in [5.41, 5.74) is 0. The third-order valence-corrected chi connectivity index (χ3v) is 5.04. The Labute approximate surface area is 83.7 Å². The number of hydrogen-bond donors (Lipinski definition) is 4. The molecule has 0 aromatic rings. The van der Waals surface area contributed by atoms with Crippen LogP contribution in [-0.4, -0.2) is 26.7 Å². The Morgan fingerprint density at radius 2 is 1.43 bits per heavy atom. The topological polar surface area (TPSA) is 143 Å². The zero-order valence-electron chi connectivity index (χ0n) is 6.58. The summed E-state index contributed by atoms with van der Waals surface area (Å²) in [5, 5.41) is 0. The van der Waals surface area contributed by atoms with E-state index in [9.17, 15) is 9.13 Å². The van der Waals surface area contributed by atoms with Crippen molar-refractivity contribution in [1.82, 2.24) is 0 Å². The molecule has 86 valence electrons. The standard InChI is InChI=1S/CH7O9P3S/c1-8-11(2,3)9-12(4,5)10-13(6,7)14/h1H3,(H,2,3)(H,4,5)(H2,6,7,14). The SMILES string of the molecule is COP(=O)(O)OP(=O)(O)OP(O)(O)=S. The Morgan fingerprint density at radius 1 is 1.00 bits per heavy atom. The third-order valence-electron chi connectivity index (χ3n) is 0.647. The number of phosphoric ester groups is 1. The number of hydrogen-bond acceptors (Lipinski definition) is 6. The first-order valence-electron chi connectivity index (χ1n) is 2.67. The first-order valence-corrected chi connectivity index (χ1v) is 8.29. The average Bonchev–Trinajstić information content (AvgIpc) is 1.78. The van der Waals surface area contributed by atoms with Gasteiger partial charge < -0.3 is 19.6 Å². The van der Waals surface area contributed by atoms with E-state index in [1.807, 2.05) is 0 Å². The molecule has 0 radical (unpaired) electrons. The van der Waals surface area contributed by atoms with Crippen molar-refractivity contribution in [2.45, 2.75) is 0 Å². The van der Waals surface area contributed by atoms with E-state index in [-0.39, 0.29) is 0 Å². The largest absolute Gasteiger partial charge is 0.488 e. The number of phosphoric acid groups is 2. The van der Waals surface area contributed by atoms with E-state index in [0.29, 0.717) is 0 Å². The van der Waals surface area contributed by atoms with E-state index in [1.54, 1.807) is 0 Å². The average molecular weight is 288 g/mol. The van der Waals surface area contributed by atoms with Crippen LogP contribution in [0.25, 0.3) is 0 Å². The summed E-state index contributed by atoms with van der Waals surface area (Å²) >= 11 is 3.83. The molecule has 9 nitrogen and oxygen atoms in total. The van der Waals surface area contributed by atoms with Crippen LogP contribution in [0.2, 0.25) is 0 Å². The fourth-order valence-corrected chi connectivity index (χ4v) is 3.84. The van der Waals surface area contributed by atoms with Crippen LogP contribution in [-0.2, 0) is 34.1 Å². The van der Waals surface area contributed by atoms with Gasteiger partial charge in [-0.2, -0.15) is 4.31 Å². The van der Waals surface area contributed by atoms with Crippen molar-refractivity contribution in [2.24, 2.45) is 0 Å². The predicted molar refractivity (Wildman–Crippen MR) is 47.6 cm³/mol. The highest BCUT2D eigenvalue weighted by atomic mass is 32.5. The van der Waals surface area contributed by atoms with Crippen molar-refractivity contribution in [3.8, 4) is 0 Å². The fraction of sp³-hybridized carbons (Fsp3) is 1.00. The van der Waals surface area contributed by atoms with Crippen LogP contribution < -0.4 is 0 Å². The van der Waals surface area contributed by atoms with Gasteiger partial charge in [-0.25, -0.2) is 13.4 Å². The summed E-state index contributed by atoms with van der Waals surface area (Å²) < 4.78 is 32.3. The zero-order valence-corrected chi connectivity index (χ0v) is 10.1. The summed E-state index contributed by atoms with van der Waals surface area (Å²) in [7, 11) is -9.18. The van der Waals surface area contributed by atoms with E-state index < -0.39 is 22.4 Å². The van der Waals surface area contributed by atoms with E-state index in [4.69, 9.17) is 19.6 Å². The second kappa shape index (κ2) is 4.78. The Hall–Kier alpha value is 0.830. The maximum Gasteiger partial charge on any atom is 0.488 e. The quantitative estimate of drug-likeness (QED) is 0.513. The maximum atomic E-state index is 10.7. The van der Waals surface area contributed by atoms with Crippen molar-refractivity contribution in [2.75, 3.05) is 7.11 Å². The highest BCUT2D eigenvalue weighted by Gasteiger charge is 2.38. The molecular weight excluding hydrogens is 281 g/mol. The van der Waals surface area contributed by atoms with Crippen LogP contribution in [0, 0.1) is 0 Å². The van der Waals surface area contributed by atoms with Gasteiger partial charge in [-0.05, 0) is 11.8 Å². The lowest BCUT2D eigenvalue weighted by atomic mass is 11.8. The first-order chi connectivity index (χ1) is 5.97. The van der Waals surface area contributed by atoms with Crippen LogP contribution in [0.15, 0.2) is 0 Å². The third kappa shape index (κ3) is 7.17. The van der Waals surface area contributed by atoms with Crippen molar-refractivity contribution in [3.63, 3.8) is 0 Å². The lowest BCUT2D eigenvalue weighted by Crippen LogP contribution is -1.93. The molecular formula is CH7O9P3S. The summed E-state index contributed by atoms with van der Waals surface area (Å²) in [6, 6.07) is 0. The molecule has 13 heteroatoms. The van der Waals surface area contributed by atoms with Crippen molar-refractivity contribution in [1.29, 1.82) is 0 Å². The van der Waals surface area contributed by atoms with E-state index in [2.05, 4.69) is 25.0 Å². The molecule has 0 aliphatic carbocycles. The number of rotatable bonds is 5. The smallest absolute Gasteiger partial charge is 0.324 e. The van der Waals surface area contributed by atoms with Gasteiger partial charge >= 0.3 is 22.4 Å². The van der Waals surface area contributed by atoms with Crippen LogP contribution in [0.1, 0.15) is 0 Å². The molecule has 0 saturated carbocycles. The maximum absolute atomic E-state index is 10.7. The molecule has 0 heterocycles. The van der Waals surface area contributed by atoms with E-state index >= 15 is 0 Å². The van der Waals surface area contributed by atoms with Gasteiger partial charge in [0.1, 0.15) is 0 Å². The lowest BCUT2D eigenvalue weighted by Gasteiger charge is -2.15. The molecule has 0 bridgehead atoms. The van der Waals surface area contributed by atoms with Gasteiger partial charge in [0, 0.05) is 7.11 Å². The highest BCUT2D eigenvalue weighted by Crippen LogP contribution is 2.66. The van der Waals surface area contributed by atoms with E-state index in [1.165, 1.54) is 0 Å². The fourth-order valence-electron chi connectivity index (χ4n) is 0.313. The Morgan fingerprint density at radius 3 is 1.71 bits per heavy atom. The zero-order chi connectivity index (χ0) is 11.6. The van der Waals surface area contributed by atoms with Gasteiger partial charge in [-0.15, -0.1) is 0 Å². The van der Waals surface area contributed by atoms with Crippen molar-refractivity contribution in [3.05, 3.63) is 0 Å². The van der Waals surface area contributed by atoms with Gasteiger partial charge in [0.15, 0.2) is 0 Å².